The first-order valence-corrected chi connectivity index (χ1v) is 4.06. The van der Waals surface area contributed by atoms with Gasteiger partial charge in [-0.1, -0.05) is 24.3 Å². The molecule has 0 N–H and O–H groups in total. The first-order chi connectivity index (χ1) is 6.20. The number of rotatable bonds is 0. The molecule has 0 fully saturated rings. The predicted molar refractivity (Wildman–Crippen MR) is 54.6 cm³/mol. The van der Waals surface area contributed by atoms with E-state index in [1.54, 1.807) is 31.2 Å². The second-order valence-corrected chi connectivity index (χ2v) is 3.07. The van der Waals surface area contributed by atoms with Crippen LogP contribution in [0.25, 0.3) is 0 Å². The molecule has 0 amide bonds. The quantitative estimate of drug-likeness (QED) is 0.589. The smallest absolute Gasteiger partial charge is 0.189 e. The van der Waals surface area contributed by atoms with Crippen LogP contribution in [-0.4, -0.2) is 41.1 Å². The van der Waals surface area contributed by atoms with Crippen LogP contribution < -0.4 is 0 Å². The fraction of sp³-hybridized carbons (Fsp3) is 0.0909. The van der Waals surface area contributed by atoms with E-state index in [0.717, 1.165) is 0 Å². The standard InChI is InChI=1S/C11H8O2.Na/c1-7-6-10(12)8-4-2-3-5-9(8)11(7)13;/h2-6H,1H3;. The van der Waals surface area contributed by atoms with Crippen LogP contribution in [0.3, 0.4) is 0 Å². The molecule has 65 valence electrons. The average molecular weight is 195 g/mol. The summed E-state index contributed by atoms with van der Waals surface area (Å²) in [5.74, 6) is -0.122. The Bertz CT molecular complexity index is 433. The normalized spacial score (nSPS) is 14.2. The van der Waals surface area contributed by atoms with E-state index in [1.165, 1.54) is 6.08 Å². The van der Waals surface area contributed by atoms with E-state index in [1.807, 2.05) is 0 Å². The van der Waals surface area contributed by atoms with Gasteiger partial charge in [0, 0.05) is 46.3 Å². The van der Waals surface area contributed by atoms with Gasteiger partial charge in [0.25, 0.3) is 0 Å². The van der Waals surface area contributed by atoms with Gasteiger partial charge in [0.1, 0.15) is 0 Å². The minimum absolute atomic E-state index is 0. The van der Waals surface area contributed by atoms with E-state index in [9.17, 15) is 9.59 Å². The molecule has 2 nitrogen and oxygen atoms in total. The minimum atomic E-state index is -0.0762. The zero-order valence-corrected chi connectivity index (χ0v) is 10.2. The van der Waals surface area contributed by atoms with E-state index < -0.39 is 0 Å². The van der Waals surface area contributed by atoms with Crippen LogP contribution >= 0.6 is 0 Å². The number of benzene rings is 1. The van der Waals surface area contributed by atoms with Crippen LogP contribution in [-0.2, 0) is 0 Å². The number of Topliss-reactive ketones (excluding diaryl/α,β-unsaturated/α-hetero) is 1. The molecule has 0 aromatic heterocycles. The van der Waals surface area contributed by atoms with Crippen molar-refractivity contribution in [3.63, 3.8) is 0 Å². The molecular formula is C11H8NaO2. The molecule has 14 heavy (non-hydrogen) atoms. The maximum absolute atomic E-state index is 11.5. The molecule has 0 spiro atoms. The van der Waals surface area contributed by atoms with Gasteiger partial charge >= 0.3 is 0 Å². The first-order valence-electron chi connectivity index (χ1n) is 4.06. The van der Waals surface area contributed by atoms with E-state index >= 15 is 0 Å². The number of carbonyl (C=O) groups excluding carboxylic acids is 2. The van der Waals surface area contributed by atoms with Crippen LogP contribution in [0.4, 0.5) is 0 Å². The van der Waals surface area contributed by atoms with Crippen molar-refractivity contribution in [2.24, 2.45) is 0 Å². The van der Waals surface area contributed by atoms with Gasteiger partial charge in [0.15, 0.2) is 11.6 Å². The van der Waals surface area contributed by atoms with Gasteiger partial charge in [-0.25, -0.2) is 0 Å². The number of carbonyl (C=O) groups is 2. The summed E-state index contributed by atoms with van der Waals surface area (Å²) in [6.07, 6.45) is 1.39. The zero-order chi connectivity index (χ0) is 9.42. The van der Waals surface area contributed by atoms with Crippen molar-refractivity contribution in [1.82, 2.24) is 0 Å². The maximum Gasteiger partial charge on any atom is 0.189 e. The van der Waals surface area contributed by atoms with Crippen molar-refractivity contribution in [3.8, 4) is 0 Å². The Hall–Kier alpha value is -0.700. The van der Waals surface area contributed by atoms with Crippen LogP contribution in [0.2, 0.25) is 0 Å². The molecule has 1 aliphatic rings. The van der Waals surface area contributed by atoms with Gasteiger partial charge in [-0.15, -0.1) is 0 Å². The molecule has 0 aliphatic heterocycles. The minimum Gasteiger partial charge on any atom is -0.289 e. The number of hydrogen-bond donors (Lipinski definition) is 0. The Labute approximate surface area is 104 Å². The van der Waals surface area contributed by atoms with Gasteiger partial charge < -0.3 is 0 Å². The van der Waals surface area contributed by atoms with Gasteiger partial charge in [-0.3, -0.25) is 9.59 Å². The summed E-state index contributed by atoms with van der Waals surface area (Å²) in [7, 11) is 0. The maximum atomic E-state index is 11.5. The van der Waals surface area contributed by atoms with Gasteiger partial charge in [0.2, 0.25) is 0 Å². The Morgan fingerprint density at radius 1 is 1.00 bits per heavy atom. The topological polar surface area (TPSA) is 34.1 Å². The third-order valence-corrected chi connectivity index (χ3v) is 2.14. The van der Waals surface area contributed by atoms with Crippen molar-refractivity contribution < 1.29 is 9.59 Å². The fourth-order valence-corrected chi connectivity index (χ4v) is 1.45. The summed E-state index contributed by atoms with van der Waals surface area (Å²) >= 11 is 0. The van der Waals surface area contributed by atoms with E-state index in [0.29, 0.717) is 16.7 Å². The van der Waals surface area contributed by atoms with Gasteiger partial charge in [-0.05, 0) is 13.0 Å². The SMILES string of the molecule is CC1=CC(=O)c2ccccc2C1=O.[Na]. The molecule has 1 aromatic carbocycles. The molecule has 1 radical (unpaired) electrons. The van der Waals surface area contributed by atoms with Crippen molar-refractivity contribution in [2.75, 3.05) is 0 Å². The molecule has 0 heterocycles. The zero-order valence-electron chi connectivity index (χ0n) is 8.20. The van der Waals surface area contributed by atoms with Crippen molar-refractivity contribution >= 4 is 41.1 Å². The molecule has 0 atom stereocenters. The first kappa shape index (κ1) is 11.4. The van der Waals surface area contributed by atoms with Crippen LogP contribution in [0.15, 0.2) is 35.9 Å². The van der Waals surface area contributed by atoms with Crippen molar-refractivity contribution in [1.29, 1.82) is 0 Å². The Kier molecular flexibility index (Phi) is 3.43. The number of ketones is 2. The van der Waals surface area contributed by atoms with Crippen LogP contribution in [0.1, 0.15) is 27.6 Å². The average Bonchev–Trinajstić information content (AvgIpc) is 2.15. The summed E-state index contributed by atoms with van der Waals surface area (Å²) < 4.78 is 0. The third-order valence-electron chi connectivity index (χ3n) is 2.14. The van der Waals surface area contributed by atoms with Crippen molar-refractivity contribution in [2.45, 2.75) is 6.92 Å². The largest absolute Gasteiger partial charge is 0.289 e. The predicted octanol–water partition coefficient (Wildman–Crippen LogP) is 1.63. The Morgan fingerprint density at radius 2 is 1.57 bits per heavy atom. The van der Waals surface area contributed by atoms with E-state index in [-0.39, 0.29) is 41.1 Å². The summed E-state index contributed by atoms with van der Waals surface area (Å²) in [5, 5.41) is 0. The molecule has 1 aliphatic carbocycles. The second kappa shape index (κ2) is 4.22. The molecule has 2 rings (SSSR count). The summed E-state index contributed by atoms with van der Waals surface area (Å²) in [5.41, 5.74) is 1.55. The van der Waals surface area contributed by atoms with Crippen LogP contribution in [0.5, 0.6) is 0 Å². The summed E-state index contributed by atoms with van der Waals surface area (Å²) in [6.45, 7) is 1.66. The fourth-order valence-electron chi connectivity index (χ4n) is 1.45. The van der Waals surface area contributed by atoms with E-state index in [2.05, 4.69) is 0 Å². The number of fused-ring (bicyclic) bond motifs is 1. The Morgan fingerprint density at radius 3 is 2.21 bits per heavy atom. The molecular weight excluding hydrogens is 187 g/mol. The molecule has 0 bridgehead atoms. The Balaban J connectivity index is 0.000000980. The number of hydrogen-bond acceptors (Lipinski definition) is 2. The van der Waals surface area contributed by atoms with Crippen molar-refractivity contribution in [3.05, 3.63) is 47.0 Å². The molecule has 1 aromatic rings. The van der Waals surface area contributed by atoms with Gasteiger partial charge in [-0.2, -0.15) is 0 Å². The third kappa shape index (κ3) is 1.73. The monoisotopic (exact) mass is 195 g/mol. The van der Waals surface area contributed by atoms with Gasteiger partial charge in [0.05, 0.1) is 0 Å². The van der Waals surface area contributed by atoms with E-state index in [4.69, 9.17) is 0 Å². The summed E-state index contributed by atoms with van der Waals surface area (Å²) in [4.78, 5) is 23.0. The molecule has 0 unspecified atom stereocenters. The number of allylic oxidation sites excluding steroid dienone is 2. The summed E-state index contributed by atoms with van der Waals surface area (Å²) in [6, 6.07) is 6.89. The molecule has 0 saturated carbocycles. The van der Waals surface area contributed by atoms with Crippen LogP contribution in [0, 0.1) is 0 Å². The molecule has 0 saturated heterocycles. The molecule has 3 heteroatoms. The second-order valence-electron chi connectivity index (χ2n) is 3.07.